The summed E-state index contributed by atoms with van der Waals surface area (Å²) < 4.78 is 14.8. The van der Waals surface area contributed by atoms with Gasteiger partial charge in [0, 0.05) is 31.6 Å². The Balaban J connectivity index is 2.20. The van der Waals surface area contributed by atoms with Gasteiger partial charge in [0.05, 0.1) is 11.5 Å². The SMILES string of the molecule is Cn1ccnc1CNc1cc(F)ccc1[N+](=O)[O-]. The third kappa shape index (κ3) is 2.45. The third-order valence-corrected chi connectivity index (χ3v) is 2.51. The molecule has 0 saturated heterocycles. The summed E-state index contributed by atoms with van der Waals surface area (Å²) >= 11 is 0. The third-order valence-electron chi connectivity index (χ3n) is 2.51. The first kappa shape index (κ1) is 12.0. The smallest absolute Gasteiger partial charge is 0.292 e. The zero-order chi connectivity index (χ0) is 13.1. The fourth-order valence-electron chi connectivity index (χ4n) is 1.55. The standard InChI is InChI=1S/C11H11FN4O2/c1-15-5-4-13-11(15)7-14-9-6-8(12)2-3-10(9)16(17)18/h2-6,14H,7H2,1H3. The van der Waals surface area contributed by atoms with Crippen molar-refractivity contribution in [1.29, 1.82) is 0 Å². The van der Waals surface area contributed by atoms with Crippen LogP contribution < -0.4 is 5.32 Å². The highest BCUT2D eigenvalue weighted by atomic mass is 19.1. The number of hydrogen-bond donors (Lipinski definition) is 1. The molecule has 0 radical (unpaired) electrons. The van der Waals surface area contributed by atoms with E-state index in [1.54, 1.807) is 17.0 Å². The quantitative estimate of drug-likeness (QED) is 0.666. The predicted molar refractivity (Wildman–Crippen MR) is 63.6 cm³/mol. The van der Waals surface area contributed by atoms with E-state index in [1.165, 1.54) is 0 Å². The van der Waals surface area contributed by atoms with E-state index in [1.807, 2.05) is 7.05 Å². The van der Waals surface area contributed by atoms with Crippen LogP contribution in [0.25, 0.3) is 0 Å². The molecule has 0 aliphatic carbocycles. The van der Waals surface area contributed by atoms with E-state index in [4.69, 9.17) is 0 Å². The van der Waals surface area contributed by atoms with Crippen LogP contribution in [-0.4, -0.2) is 14.5 Å². The van der Waals surface area contributed by atoms with Crippen LogP contribution in [0.5, 0.6) is 0 Å². The molecule has 0 bridgehead atoms. The molecule has 0 saturated carbocycles. The zero-order valence-corrected chi connectivity index (χ0v) is 9.63. The van der Waals surface area contributed by atoms with Crippen LogP contribution in [0.2, 0.25) is 0 Å². The average Bonchev–Trinajstić information content (AvgIpc) is 2.72. The van der Waals surface area contributed by atoms with Gasteiger partial charge in [0.1, 0.15) is 17.3 Å². The number of anilines is 1. The number of aryl methyl sites for hydroxylation is 1. The van der Waals surface area contributed by atoms with Crippen molar-refractivity contribution in [2.75, 3.05) is 5.32 Å². The van der Waals surface area contributed by atoms with E-state index in [-0.39, 0.29) is 17.9 Å². The highest BCUT2D eigenvalue weighted by Gasteiger charge is 2.14. The first-order valence-corrected chi connectivity index (χ1v) is 5.22. The zero-order valence-electron chi connectivity index (χ0n) is 9.63. The van der Waals surface area contributed by atoms with E-state index in [9.17, 15) is 14.5 Å². The number of hydrogen-bond acceptors (Lipinski definition) is 4. The summed E-state index contributed by atoms with van der Waals surface area (Å²) in [6.45, 7) is 0.286. The molecule has 0 unspecified atom stereocenters. The Morgan fingerprint density at radius 1 is 1.56 bits per heavy atom. The fourth-order valence-corrected chi connectivity index (χ4v) is 1.55. The average molecular weight is 250 g/mol. The van der Waals surface area contributed by atoms with E-state index in [2.05, 4.69) is 10.3 Å². The molecule has 1 N–H and O–H groups in total. The van der Waals surface area contributed by atoms with Gasteiger partial charge in [-0.1, -0.05) is 0 Å². The second kappa shape index (κ2) is 4.82. The Kier molecular flexibility index (Phi) is 3.22. The molecule has 1 aromatic carbocycles. The highest BCUT2D eigenvalue weighted by Crippen LogP contribution is 2.25. The van der Waals surface area contributed by atoms with E-state index in [0.29, 0.717) is 5.82 Å². The molecule has 18 heavy (non-hydrogen) atoms. The van der Waals surface area contributed by atoms with Crippen molar-refractivity contribution in [3.05, 3.63) is 52.3 Å². The van der Waals surface area contributed by atoms with Gasteiger partial charge in [-0.05, 0) is 6.07 Å². The maximum atomic E-state index is 13.1. The molecule has 1 aromatic heterocycles. The lowest BCUT2D eigenvalue weighted by atomic mass is 10.2. The largest absolute Gasteiger partial charge is 0.372 e. The number of aromatic nitrogens is 2. The lowest BCUT2D eigenvalue weighted by molar-refractivity contribution is -0.384. The summed E-state index contributed by atoms with van der Waals surface area (Å²) in [5.74, 6) is 0.177. The molecule has 6 nitrogen and oxygen atoms in total. The van der Waals surface area contributed by atoms with Crippen molar-refractivity contribution in [1.82, 2.24) is 9.55 Å². The Labute approximate surface area is 102 Å². The number of nitro benzene ring substituents is 1. The Hall–Kier alpha value is -2.44. The van der Waals surface area contributed by atoms with Crippen molar-refractivity contribution in [2.24, 2.45) is 7.05 Å². The van der Waals surface area contributed by atoms with Crippen molar-refractivity contribution in [3.8, 4) is 0 Å². The molecule has 0 atom stereocenters. The second-order valence-electron chi connectivity index (χ2n) is 3.73. The lowest BCUT2D eigenvalue weighted by Gasteiger charge is -2.07. The topological polar surface area (TPSA) is 73.0 Å². The number of imidazole rings is 1. The number of rotatable bonds is 4. The van der Waals surface area contributed by atoms with Gasteiger partial charge in [0.25, 0.3) is 5.69 Å². The van der Waals surface area contributed by atoms with Gasteiger partial charge in [-0.2, -0.15) is 0 Å². The second-order valence-corrected chi connectivity index (χ2v) is 3.73. The van der Waals surface area contributed by atoms with Gasteiger partial charge in [0.2, 0.25) is 0 Å². The van der Waals surface area contributed by atoms with Gasteiger partial charge in [-0.25, -0.2) is 9.37 Å². The first-order valence-electron chi connectivity index (χ1n) is 5.22. The summed E-state index contributed by atoms with van der Waals surface area (Å²) in [4.78, 5) is 14.3. The van der Waals surface area contributed by atoms with E-state index < -0.39 is 10.7 Å². The van der Waals surface area contributed by atoms with Crippen LogP contribution in [-0.2, 0) is 13.6 Å². The number of nitrogens with zero attached hydrogens (tertiary/aromatic N) is 3. The maximum absolute atomic E-state index is 13.1. The number of halogens is 1. The highest BCUT2D eigenvalue weighted by molar-refractivity contribution is 5.61. The molecular weight excluding hydrogens is 239 g/mol. The molecule has 2 rings (SSSR count). The molecule has 0 spiro atoms. The maximum Gasteiger partial charge on any atom is 0.292 e. The van der Waals surface area contributed by atoms with E-state index in [0.717, 1.165) is 18.2 Å². The molecule has 0 fully saturated rings. The Morgan fingerprint density at radius 2 is 2.33 bits per heavy atom. The summed E-state index contributed by atoms with van der Waals surface area (Å²) in [5, 5.41) is 13.6. The summed E-state index contributed by atoms with van der Waals surface area (Å²) in [5.41, 5.74) is -0.0198. The molecule has 0 amide bonds. The van der Waals surface area contributed by atoms with Gasteiger partial charge in [-0.15, -0.1) is 0 Å². The van der Waals surface area contributed by atoms with Crippen molar-refractivity contribution in [2.45, 2.75) is 6.54 Å². The molecule has 2 aromatic rings. The monoisotopic (exact) mass is 250 g/mol. The lowest BCUT2D eigenvalue weighted by Crippen LogP contribution is -2.07. The van der Waals surface area contributed by atoms with Crippen LogP contribution >= 0.6 is 0 Å². The van der Waals surface area contributed by atoms with Crippen LogP contribution in [0.3, 0.4) is 0 Å². The van der Waals surface area contributed by atoms with E-state index >= 15 is 0 Å². The van der Waals surface area contributed by atoms with Gasteiger partial charge < -0.3 is 9.88 Å². The number of benzene rings is 1. The van der Waals surface area contributed by atoms with Crippen molar-refractivity contribution < 1.29 is 9.31 Å². The van der Waals surface area contributed by atoms with Crippen molar-refractivity contribution >= 4 is 11.4 Å². The van der Waals surface area contributed by atoms with Gasteiger partial charge in [0.15, 0.2) is 0 Å². The Bertz CT molecular complexity index is 582. The van der Waals surface area contributed by atoms with Crippen molar-refractivity contribution in [3.63, 3.8) is 0 Å². The molecular formula is C11H11FN4O2. The van der Waals surface area contributed by atoms with Crippen LogP contribution in [0.15, 0.2) is 30.6 Å². The molecule has 7 heteroatoms. The molecule has 1 heterocycles. The first-order chi connectivity index (χ1) is 8.58. The summed E-state index contributed by atoms with van der Waals surface area (Å²) in [6.07, 6.45) is 3.38. The van der Waals surface area contributed by atoms with Crippen LogP contribution in [0.1, 0.15) is 5.82 Å². The number of nitrogens with one attached hydrogen (secondary N) is 1. The van der Waals surface area contributed by atoms with Gasteiger partial charge in [-0.3, -0.25) is 10.1 Å². The van der Waals surface area contributed by atoms with Gasteiger partial charge >= 0.3 is 0 Å². The minimum atomic E-state index is -0.555. The summed E-state index contributed by atoms with van der Waals surface area (Å²) in [7, 11) is 1.81. The summed E-state index contributed by atoms with van der Waals surface area (Å²) in [6, 6.07) is 3.29. The normalized spacial score (nSPS) is 10.3. The predicted octanol–water partition coefficient (Wildman–Crippen LogP) is 2.08. The minimum Gasteiger partial charge on any atom is -0.372 e. The minimum absolute atomic E-state index is 0.142. The molecule has 0 aliphatic rings. The number of nitro groups is 1. The Morgan fingerprint density at radius 3 is 2.94 bits per heavy atom. The fraction of sp³-hybridized carbons (Fsp3) is 0.182. The molecule has 94 valence electrons. The van der Waals surface area contributed by atoms with Crippen LogP contribution in [0, 0.1) is 15.9 Å². The molecule has 0 aliphatic heterocycles. The van der Waals surface area contributed by atoms with Crippen LogP contribution in [0.4, 0.5) is 15.8 Å².